The Morgan fingerprint density at radius 3 is 2.70 bits per heavy atom. The van der Waals surface area contributed by atoms with E-state index >= 15 is 0 Å². The van der Waals surface area contributed by atoms with E-state index in [1.807, 2.05) is 12.1 Å². The second-order valence-electron chi connectivity index (χ2n) is 6.11. The molecule has 23 heavy (non-hydrogen) atoms. The van der Waals surface area contributed by atoms with Crippen LogP contribution in [0.2, 0.25) is 5.02 Å². The fourth-order valence-corrected chi connectivity index (χ4v) is 2.50. The molecule has 0 saturated heterocycles. The van der Waals surface area contributed by atoms with Gasteiger partial charge in [-0.05, 0) is 43.0 Å². The summed E-state index contributed by atoms with van der Waals surface area (Å²) in [5.41, 5.74) is 0.834. The summed E-state index contributed by atoms with van der Waals surface area (Å²) < 4.78 is 5.43. The van der Waals surface area contributed by atoms with E-state index in [9.17, 15) is 4.79 Å². The molecular formula is C17H20ClN3O2. The zero-order valence-electron chi connectivity index (χ0n) is 13.3. The van der Waals surface area contributed by atoms with Crippen LogP contribution in [0.4, 0.5) is 0 Å². The third kappa shape index (κ3) is 3.72. The molecule has 1 N–H and O–H groups in total. The monoisotopic (exact) mass is 333 g/mol. The maximum Gasteiger partial charge on any atom is 0.249 e. The normalized spacial score (nSPS) is 16.8. The van der Waals surface area contributed by atoms with Crippen molar-refractivity contribution in [3.8, 4) is 11.4 Å². The molecule has 1 heterocycles. The quantitative estimate of drug-likeness (QED) is 0.867. The number of nitrogens with one attached hydrogen (secondary N) is 1. The lowest BCUT2D eigenvalue weighted by Crippen LogP contribution is -2.33. The second-order valence-corrected chi connectivity index (χ2v) is 6.55. The highest BCUT2D eigenvalue weighted by atomic mass is 35.5. The first-order valence-corrected chi connectivity index (χ1v) is 8.36. The maximum atomic E-state index is 12.1. The van der Waals surface area contributed by atoms with Crippen molar-refractivity contribution < 1.29 is 9.32 Å². The van der Waals surface area contributed by atoms with Crippen molar-refractivity contribution in [3.63, 3.8) is 0 Å². The molecular weight excluding hydrogens is 314 g/mol. The molecule has 0 unspecified atom stereocenters. The third-order valence-electron chi connectivity index (χ3n) is 4.27. The van der Waals surface area contributed by atoms with Crippen molar-refractivity contribution in [1.82, 2.24) is 15.5 Å². The maximum absolute atomic E-state index is 12.1. The van der Waals surface area contributed by atoms with Gasteiger partial charge >= 0.3 is 0 Å². The molecule has 6 heteroatoms. The standard InChI is InChI=1S/C17H20ClN3O2/c1-3-10(2)14(19-16(22)12-4-5-12)17-20-15(21-23-17)11-6-8-13(18)9-7-11/h6-10,12,14H,3-5H2,1-2H3,(H,19,22)/t10-,14-/m1/s1. The smallest absolute Gasteiger partial charge is 0.249 e. The minimum Gasteiger partial charge on any atom is -0.344 e. The molecule has 1 amide bonds. The van der Waals surface area contributed by atoms with E-state index in [0.29, 0.717) is 16.7 Å². The number of halogens is 1. The number of carbonyl (C=O) groups excluding carboxylic acids is 1. The van der Waals surface area contributed by atoms with Crippen LogP contribution in [-0.4, -0.2) is 16.0 Å². The molecule has 3 rings (SSSR count). The summed E-state index contributed by atoms with van der Waals surface area (Å²) in [6.07, 6.45) is 2.85. The number of amides is 1. The summed E-state index contributed by atoms with van der Waals surface area (Å²) in [5, 5.41) is 7.76. The third-order valence-corrected chi connectivity index (χ3v) is 4.52. The Bertz CT molecular complexity index is 679. The van der Waals surface area contributed by atoms with E-state index in [1.54, 1.807) is 12.1 Å². The van der Waals surface area contributed by atoms with Gasteiger partial charge in [0.2, 0.25) is 17.6 Å². The lowest BCUT2D eigenvalue weighted by atomic mass is 9.99. The molecule has 0 bridgehead atoms. The summed E-state index contributed by atoms with van der Waals surface area (Å²) in [4.78, 5) is 16.6. The van der Waals surface area contributed by atoms with Gasteiger partial charge in [0, 0.05) is 16.5 Å². The first-order valence-electron chi connectivity index (χ1n) is 7.98. The number of hydrogen-bond acceptors (Lipinski definition) is 4. The molecule has 5 nitrogen and oxygen atoms in total. The summed E-state index contributed by atoms with van der Waals surface area (Å²) in [6, 6.07) is 7.01. The number of aromatic nitrogens is 2. The molecule has 1 saturated carbocycles. The van der Waals surface area contributed by atoms with Crippen LogP contribution in [0.1, 0.15) is 45.0 Å². The molecule has 1 aliphatic rings. The van der Waals surface area contributed by atoms with E-state index in [0.717, 1.165) is 24.8 Å². The summed E-state index contributed by atoms with van der Waals surface area (Å²) in [6.45, 7) is 4.15. The molecule has 1 aromatic heterocycles. The van der Waals surface area contributed by atoms with Crippen molar-refractivity contribution in [2.24, 2.45) is 11.8 Å². The van der Waals surface area contributed by atoms with Crippen molar-refractivity contribution in [3.05, 3.63) is 35.2 Å². The highest BCUT2D eigenvalue weighted by Gasteiger charge is 2.34. The molecule has 2 atom stereocenters. The highest BCUT2D eigenvalue weighted by Crippen LogP contribution is 2.32. The fraction of sp³-hybridized carbons (Fsp3) is 0.471. The Morgan fingerprint density at radius 2 is 2.09 bits per heavy atom. The average molecular weight is 334 g/mol. The summed E-state index contributed by atoms with van der Waals surface area (Å²) >= 11 is 5.90. The first-order chi connectivity index (χ1) is 11.1. The number of rotatable bonds is 6. The molecule has 0 spiro atoms. The Balaban J connectivity index is 1.81. The van der Waals surface area contributed by atoms with Crippen LogP contribution in [0.3, 0.4) is 0 Å². The number of benzene rings is 1. The fourth-order valence-electron chi connectivity index (χ4n) is 2.38. The zero-order valence-corrected chi connectivity index (χ0v) is 14.0. The van der Waals surface area contributed by atoms with Gasteiger partial charge in [-0.3, -0.25) is 4.79 Å². The van der Waals surface area contributed by atoms with Crippen LogP contribution in [0.5, 0.6) is 0 Å². The minimum absolute atomic E-state index is 0.0848. The number of carbonyl (C=O) groups is 1. The molecule has 122 valence electrons. The van der Waals surface area contributed by atoms with Gasteiger partial charge in [0.25, 0.3) is 0 Å². The van der Waals surface area contributed by atoms with Crippen LogP contribution < -0.4 is 5.32 Å². The van der Waals surface area contributed by atoms with E-state index in [4.69, 9.17) is 16.1 Å². The van der Waals surface area contributed by atoms with Crippen molar-refractivity contribution in [2.75, 3.05) is 0 Å². The van der Waals surface area contributed by atoms with Crippen LogP contribution in [0.25, 0.3) is 11.4 Å². The SMILES string of the molecule is CC[C@@H](C)[C@@H](NC(=O)C1CC1)c1nc(-c2ccc(Cl)cc2)no1. The Labute approximate surface area is 140 Å². The Kier molecular flexibility index (Phi) is 4.66. The molecule has 1 fully saturated rings. The zero-order chi connectivity index (χ0) is 16.4. The first kappa shape index (κ1) is 16.0. The van der Waals surface area contributed by atoms with Crippen molar-refractivity contribution in [2.45, 2.75) is 39.2 Å². The predicted molar refractivity (Wildman–Crippen MR) is 87.8 cm³/mol. The highest BCUT2D eigenvalue weighted by molar-refractivity contribution is 6.30. The van der Waals surface area contributed by atoms with Crippen molar-refractivity contribution in [1.29, 1.82) is 0 Å². The lowest BCUT2D eigenvalue weighted by molar-refractivity contribution is -0.123. The minimum atomic E-state index is -0.248. The van der Waals surface area contributed by atoms with Gasteiger partial charge in [-0.15, -0.1) is 0 Å². The van der Waals surface area contributed by atoms with E-state index < -0.39 is 0 Å². The predicted octanol–water partition coefficient (Wildman–Crippen LogP) is 4.00. The van der Waals surface area contributed by atoms with Crippen LogP contribution in [0, 0.1) is 11.8 Å². The van der Waals surface area contributed by atoms with Crippen LogP contribution in [-0.2, 0) is 4.79 Å². The summed E-state index contributed by atoms with van der Waals surface area (Å²) in [7, 11) is 0. The van der Waals surface area contributed by atoms with E-state index in [1.165, 1.54) is 0 Å². The van der Waals surface area contributed by atoms with Gasteiger partial charge in [-0.2, -0.15) is 4.98 Å². The van der Waals surface area contributed by atoms with E-state index in [2.05, 4.69) is 29.3 Å². The number of nitrogens with zero attached hydrogens (tertiary/aromatic N) is 2. The largest absolute Gasteiger partial charge is 0.344 e. The van der Waals surface area contributed by atoms with Crippen molar-refractivity contribution >= 4 is 17.5 Å². The summed E-state index contributed by atoms with van der Waals surface area (Å²) in [5.74, 6) is 1.42. The van der Waals surface area contributed by atoms with Gasteiger partial charge in [-0.25, -0.2) is 0 Å². The molecule has 0 aliphatic heterocycles. The molecule has 0 radical (unpaired) electrons. The Hall–Kier alpha value is -1.88. The Morgan fingerprint density at radius 1 is 1.39 bits per heavy atom. The van der Waals surface area contributed by atoms with Gasteiger partial charge in [0.05, 0.1) is 0 Å². The van der Waals surface area contributed by atoms with Crippen LogP contribution >= 0.6 is 11.6 Å². The van der Waals surface area contributed by atoms with Gasteiger partial charge in [0.1, 0.15) is 6.04 Å². The lowest BCUT2D eigenvalue weighted by Gasteiger charge is -2.20. The molecule has 2 aromatic rings. The van der Waals surface area contributed by atoms with E-state index in [-0.39, 0.29) is 23.8 Å². The van der Waals surface area contributed by atoms with Gasteiger partial charge < -0.3 is 9.84 Å². The topological polar surface area (TPSA) is 68.0 Å². The molecule has 1 aliphatic carbocycles. The molecule has 1 aromatic carbocycles. The van der Waals surface area contributed by atoms with Gasteiger partial charge in [-0.1, -0.05) is 37.0 Å². The average Bonchev–Trinajstić information content (AvgIpc) is 3.30. The number of hydrogen-bond donors (Lipinski definition) is 1. The van der Waals surface area contributed by atoms with Crippen LogP contribution in [0.15, 0.2) is 28.8 Å². The second kappa shape index (κ2) is 6.71. The van der Waals surface area contributed by atoms with Gasteiger partial charge in [0.15, 0.2) is 0 Å².